The maximum Gasteiger partial charge on any atom is 0.492 e. The molecule has 0 atom stereocenters. The summed E-state index contributed by atoms with van der Waals surface area (Å²) in [5, 5.41) is 9.54. The van der Waals surface area contributed by atoms with Crippen molar-refractivity contribution in [3.05, 3.63) is 29.0 Å². The molecule has 1 fully saturated rings. The normalized spacial score (nSPS) is 21.2. The maximum atomic E-state index is 10.7. The second-order valence-corrected chi connectivity index (χ2v) is 5.97. The van der Waals surface area contributed by atoms with Gasteiger partial charge >= 0.3 is 7.12 Å². The number of hydrogen-bond acceptors (Lipinski definition) is 4. The highest BCUT2D eigenvalue weighted by atomic mass is 16.7. The SMILES string of the molecule is CC1(C)OB(C(=Cc2c[nH]c(C=O)c2)CO)OC1(C)C. The lowest BCUT2D eigenvalue weighted by Crippen LogP contribution is -2.41. The van der Waals surface area contributed by atoms with Gasteiger partial charge in [0.15, 0.2) is 6.29 Å². The van der Waals surface area contributed by atoms with Crippen LogP contribution in [-0.4, -0.2) is 41.3 Å². The minimum Gasteiger partial charge on any atom is -0.400 e. The van der Waals surface area contributed by atoms with Gasteiger partial charge in [-0.3, -0.25) is 4.79 Å². The van der Waals surface area contributed by atoms with Gasteiger partial charge in [-0.05, 0) is 44.8 Å². The van der Waals surface area contributed by atoms with E-state index in [0.29, 0.717) is 11.2 Å². The molecule has 0 bridgehead atoms. The molecule has 2 N–H and O–H groups in total. The fourth-order valence-electron chi connectivity index (χ4n) is 1.98. The Morgan fingerprint density at radius 1 is 1.35 bits per heavy atom. The van der Waals surface area contributed by atoms with Gasteiger partial charge in [-0.2, -0.15) is 0 Å². The molecule has 0 saturated carbocycles. The van der Waals surface area contributed by atoms with Crippen molar-refractivity contribution in [2.75, 3.05) is 6.61 Å². The van der Waals surface area contributed by atoms with E-state index in [-0.39, 0.29) is 6.61 Å². The Morgan fingerprint density at radius 3 is 2.40 bits per heavy atom. The molecule has 5 nitrogen and oxygen atoms in total. The Bertz CT molecular complexity index is 517. The molecule has 108 valence electrons. The van der Waals surface area contributed by atoms with Gasteiger partial charge in [-0.25, -0.2) is 0 Å². The van der Waals surface area contributed by atoms with Gasteiger partial charge in [0.05, 0.1) is 23.5 Å². The molecule has 1 aromatic rings. The smallest absolute Gasteiger partial charge is 0.400 e. The van der Waals surface area contributed by atoms with Gasteiger partial charge in [0.2, 0.25) is 0 Å². The Balaban J connectivity index is 2.23. The predicted molar refractivity (Wildman–Crippen MR) is 77.3 cm³/mol. The monoisotopic (exact) mass is 277 g/mol. The van der Waals surface area contributed by atoms with Gasteiger partial charge in [0, 0.05) is 6.20 Å². The summed E-state index contributed by atoms with van der Waals surface area (Å²) in [5.41, 5.74) is 1.02. The van der Waals surface area contributed by atoms with E-state index in [1.165, 1.54) is 0 Å². The summed E-state index contributed by atoms with van der Waals surface area (Å²) in [6, 6.07) is 1.70. The van der Waals surface area contributed by atoms with Gasteiger partial charge < -0.3 is 19.4 Å². The van der Waals surface area contributed by atoms with Gasteiger partial charge in [-0.1, -0.05) is 6.08 Å². The van der Waals surface area contributed by atoms with Crippen molar-refractivity contribution >= 4 is 19.5 Å². The van der Waals surface area contributed by atoms with Crippen molar-refractivity contribution < 1.29 is 19.2 Å². The van der Waals surface area contributed by atoms with E-state index >= 15 is 0 Å². The Labute approximate surface area is 119 Å². The number of hydrogen-bond donors (Lipinski definition) is 2. The van der Waals surface area contributed by atoms with Crippen LogP contribution in [0.15, 0.2) is 17.7 Å². The standard InChI is InChI=1S/C14H20BNO4/c1-13(2)14(3,4)20-15(19-13)11(8-17)5-10-6-12(9-18)16-7-10/h5-7,9,16-17H,8H2,1-4H3. The van der Waals surface area contributed by atoms with Crippen LogP contribution in [0.3, 0.4) is 0 Å². The lowest BCUT2D eigenvalue weighted by Gasteiger charge is -2.32. The van der Waals surface area contributed by atoms with Gasteiger partial charge in [0.1, 0.15) is 0 Å². The molecule has 2 rings (SSSR count). The number of aliphatic hydroxyl groups is 1. The highest BCUT2D eigenvalue weighted by molar-refractivity contribution is 6.55. The molecule has 1 saturated heterocycles. The van der Waals surface area contributed by atoms with Crippen LogP contribution in [0.1, 0.15) is 43.7 Å². The van der Waals surface area contributed by atoms with Crippen molar-refractivity contribution in [1.82, 2.24) is 4.98 Å². The van der Waals surface area contributed by atoms with E-state index < -0.39 is 18.3 Å². The summed E-state index contributed by atoms with van der Waals surface area (Å²) >= 11 is 0. The predicted octanol–water partition coefficient (Wildman–Crippen LogP) is 1.83. The molecular formula is C14H20BNO4. The molecule has 0 unspecified atom stereocenters. The number of carbonyl (C=O) groups is 1. The zero-order valence-corrected chi connectivity index (χ0v) is 12.3. The number of aromatic amines is 1. The second kappa shape index (κ2) is 5.20. The van der Waals surface area contributed by atoms with E-state index in [1.807, 2.05) is 27.7 Å². The summed E-state index contributed by atoms with van der Waals surface area (Å²) in [7, 11) is -0.584. The minimum atomic E-state index is -0.584. The number of rotatable bonds is 4. The molecular weight excluding hydrogens is 257 g/mol. The number of carbonyl (C=O) groups excluding carboxylic acids is 1. The van der Waals surface area contributed by atoms with E-state index in [2.05, 4.69) is 4.98 Å². The summed E-state index contributed by atoms with van der Waals surface area (Å²) in [4.78, 5) is 13.5. The molecule has 0 aromatic carbocycles. The Kier molecular flexibility index (Phi) is 3.91. The van der Waals surface area contributed by atoms with Crippen LogP contribution >= 0.6 is 0 Å². The summed E-state index contributed by atoms with van der Waals surface area (Å²) in [6.45, 7) is 7.68. The number of aromatic nitrogens is 1. The van der Waals surface area contributed by atoms with E-state index in [9.17, 15) is 9.90 Å². The number of nitrogens with one attached hydrogen (secondary N) is 1. The van der Waals surface area contributed by atoms with Crippen LogP contribution in [0.4, 0.5) is 0 Å². The number of aldehydes is 1. The zero-order chi connectivity index (χ0) is 15.0. The first-order valence-corrected chi connectivity index (χ1v) is 6.59. The van der Waals surface area contributed by atoms with Gasteiger partial charge in [-0.15, -0.1) is 0 Å². The van der Waals surface area contributed by atoms with Crippen LogP contribution in [0.25, 0.3) is 6.08 Å². The van der Waals surface area contributed by atoms with E-state index in [0.717, 1.165) is 11.8 Å². The average Bonchev–Trinajstić information content (AvgIpc) is 2.89. The van der Waals surface area contributed by atoms with Crippen LogP contribution in [0.5, 0.6) is 0 Å². The molecule has 1 aromatic heterocycles. The van der Waals surface area contributed by atoms with Crippen molar-refractivity contribution in [1.29, 1.82) is 0 Å². The molecule has 0 spiro atoms. The van der Waals surface area contributed by atoms with Crippen LogP contribution < -0.4 is 0 Å². The summed E-state index contributed by atoms with van der Waals surface area (Å²) in [5.74, 6) is 0. The minimum absolute atomic E-state index is 0.168. The van der Waals surface area contributed by atoms with E-state index in [4.69, 9.17) is 9.31 Å². The molecule has 0 aliphatic carbocycles. The first-order valence-electron chi connectivity index (χ1n) is 6.59. The highest BCUT2D eigenvalue weighted by Gasteiger charge is 2.52. The topological polar surface area (TPSA) is 71.6 Å². The third kappa shape index (κ3) is 2.72. The summed E-state index contributed by atoms with van der Waals surface area (Å²) in [6.07, 6.45) is 4.21. The Hall–Kier alpha value is -1.37. The average molecular weight is 277 g/mol. The zero-order valence-electron chi connectivity index (χ0n) is 12.3. The Morgan fingerprint density at radius 2 is 1.95 bits per heavy atom. The second-order valence-electron chi connectivity index (χ2n) is 5.97. The van der Waals surface area contributed by atoms with E-state index in [1.54, 1.807) is 18.3 Å². The molecule has 0 radical (unpaired) electrons. The van der Waals surface area contributed by atoms with Crippen molar-refractivity contribution in [2.24, 2.45) is 0 Å². The van der Waals surface area contributed by atoms with Crippen molar-refractivity contribution in [2.45, 2.75) is 38.9 Å². The van der Waals surface area contributed by atoms with Crippen molar-refractivity contribution in [3.63, 3.8) is 0 Å². The van der Waals surface area contributed by atoms with Crippen LogP contribution in [0.2, 0.25) is 0 Å². The molecule has 6 heteroatoms. The highest BCUT2D eigenvalue weighted by Crippen LogP contribution is 2.38. The number of H-pyrrole nitrogens is 1. The third-order valence-electron chi connectivity index (χ3n) is 3.95. The molecule has 1 aliphatic rings. The fourth-order valence-corrected chi connectivity index (χ4v) is 1.98. The van der Waals surface area contributed by atoms with Crippen LogP contribution in [-0.2, 0) is 9.31 Å². The fraction of sp³-hybridized carbons (Fsp3) is 0.500. The lowest BCUT2D eigenvalue weighted by molar-refractivity contribution is 0.00578. The lowest BCUT2D eigenvalue weighted by atomic mass is 9.78. The first kappa shape index (κ1) is 15.0. The first-order chi connectivity index (χ1) is 9.29. The maximum absolute atomic E-state index is 10.7. The largest absolute Gasteiger partial charge is 0.492 e. The van der Waals surface area contributed by atoms with Crippen LogP contribution in [0, 0.1) is 0 Å². The van der Waals surface area contributed by atoms with Gasteiger partial charge in [0.25, 0.3) is 0 Å². The summed E-state index contributed by atoms with van der Waals surface area (Å²) < 4.78 is 11.8. The third-order valence-corrected chi connectivity index (χ3v) is 3.95. The number of aliphatic hydroxyl groups excluding tert-OH is 1. The molecule has 2 heterocycles. The quantitative estimate of drug-likeness (QED) is 0.650. The molecule has 1 aliphatic heterocycles. The molecule has 0 amide bonds. The molecule has 20 heavy (non-hydrogen) atoms. The van der Waals surface area contributed by atoms with Crippen molar-refractivity contribution in [3.8, 4) is 0 Å².